The van der Waals surface area contributed by atoms with Gasteiger partial charge in [0.15, 0.2) is 0 Å². The second-order valence-electron chi connectivity index (χ2n) is 6.61. The number of nitrogens with zero attached hydrogens (tertiary/aromatic N) is 1. The van der Waals surface area contributed by atoms with Gasteiger partial charge in [-0.3, -0.25) is 4.90 Å². The van der Waals surface area contributed by atoms with Crippen molar-refractivity contribution < 1.29 is 19.3 Å². The van der Waals surface area contributed by atoms with Crippen LogP contribution in [0.25, 0.3) is 0 Å². The molecule has 2 aromatic carbocycles. The van der Waals surface area contributed by atoms with Gasteiger partial charge in [0.2, 0.25) is 0 Å². The summed E-state index contributed by atoms with van der Waals surface area (Å²) in [5.41, 5.74) is 3.25. The summed E-state index contributed by atoms with van der Waals surface area (Å²) in [6.45, 7) is 5.45. The molecule has 5 nitrogen and oxygen atoms in total. The Balaban J connectivity index is 1.89. The maximum absolute atomic E-state index is 10.3. The van der Waals surface area contributed by atoms with Crippen molar-refractivity contribution in [2.45, 2.75) is 26.5 Å². The Morgan fingerprint density at radius 2 is 1.77 bits per heavy atom. The third-order valence-corrected chi connectivity index (χ3v) is 4.23. The molecule has 0 aliphatic heterocycles. The lowest BCUT2D eigenvalue weighted by molar-refractivity contribution is 0.0739. The first-order chi connectivity index (χ1) is 12.4. The zero-order valence-corrected chi connectivity index (χ0v) is 16.3. The minimum absolute atomic E-state index is 0.258. The molecule has 2 aromatic rings. The lowest BCUT2D eigenvalue weighted by atomic mass is 10.1. The molecule has 1 atom stereocenters. The fourth-order valence-corrected chi connectivity index (χ4v) is 2.80. The van der Waals surface area contributed by atoms with Gasteiger partial charge < -0.3 is 19.3 Å². The van der Waals surface area contributed by atoms with E-state index in [0.717, 1.165) is 33.9 Å². The Kier molecular flexibility index (Phi) is 7.30. The van der Waals surface area contributed by atoms with Crippen molar-refractivity contribution >= 4 is 0 Å². The van der Waals surface area contributed by atoms with Crippen molar-refractivity contribution in [2.75, 3.05) is 34.4 Å². The van der Waals surface area contributed by atoms with Crippen molar-refractivity contribution in [3.05, 3.63) is 53.1 Å². The monoisotopic (exact) mass is 359 g/mol. The highest BCUT2D eigenvalue weighted by Crippen LogP contribution is 2.25. The number of aliphatic hydroxyl groups is 1. The molecule has 0 radical (unpaired) electrons. The Hall–Kier alpha value is -2.24. The van der Waals surface area contributed by atoms with Gasteiger partial charge in [-0.15, -0.1) is 0 Å². The summed E-state index contributed by atoms with van der Waals surface area (Å²) in [5, 5.41) is 10.3. The summed E-state index contributed by atoms with van der Waals surface area (Å²) in [4.78, 5) is 2.04. The van der Waals surface area contributed by atoms with E-state index in [0.29, 0.717) is 13.1 Å². The van der Waals surface area contributed by atoms with Gasteiger partial charge in [-0.25, -0.2) is 0 Å². The highest BCUT2D eigenvalue weighted by molar-refractivity contribution is 5.40. The molecule has 0 heterocycles. The number of rotatable bonds is 9. The third-order valence-electron chi connectivity index (χ3n) is 4.23. The summed E-state index contributed by atoms with van der Waals surface area (Å²) in [5.74, 6) is 2.36. The third kappa shape index (κ3) is 5.64. The minimum atomic E-state index is -0.579. The molecule has 0 saturated carbocycles. The van der Waals surface area contributed by atoms with Gasteiger partial charge in [0.1, 0.15) is 30.0 Å². The van der Waals surface area contributed by atoms with E-state index >= 15 is 0 Å². The van der Waals surface area contributed by atoms with Gasteiger partial charge in [0, 0.05) is 24.7 Å². The van der Waals surface area contributed by atoms with Crippen LogP contribution in [-0.4, -0.2) is 50.5 Å². The van der Waals surface area contributed by atoms with Crippen LogP contribution in [0.5, 0.6) is 17.2 Å². The highest BCUT2D eigenvalue weighted by atomic mass is 16.5. The maximum Gasteiger partial charge on any atom is 0.127 e. The van der Waals surface area contributed by atoms with Crippen LogP contribution in [0.2, 0.25) is 0 Å². The Morgan fingerprint density at radius 1 is 1.00 bits per heavy atom. The first-order valence-corrected chi connectivity index (χ1v) is 8.70. The number of likely N-dealkylation sites (N-methyl/N-ethyl adjacent to an activating group) is 1. The van der Waals surface area contributed by atoms with Crippen molar-refractivity contribution in [1.82, 2.24) is 4.90 Å². The molecule has 0 amide bonds. The Labute approximate surface area is 156 Å². The molecule has 0 saturated heterocycles. The summed E-state index contributed by atoms with van der Waals surface area (Å²) in [7, 11) is 5.24. The van der Waals surface area contributed by atoms with Crippen LogP contribution in [-0.2, 0) is 6.54 Å². The quantitative estimate of drug-likeness (QED) is 0.745. The van der Waals surface area contributed by atoms with Crippen LogP contribution in [0.3, 0.4) is 0 Å². The van der Waals surface area contributed by atoms with E-state index in [-0.39, 0.29) is 6.61 Å². The number of aryl methyl sites for hydroxylation is 2. The Morgan fingerprint density at radius 3 is 2.46 bits per heavy atom. The lowest BCUT2D eigenvalue weighted by Gasteiger charge is -2.22. The standard InChI is InChI=1S/C21H29NO4/c1-15-6-7-16(2)20(10-15)26-14-18(23)13-22(3)12-17-8-9-19(24-4)11-21(17)25-5/h6-11,18,23H,12-14H2,1-5H3. The molecule has 0 aliphatic rings. The fourth-order valence-electron chi connectivity index (χ4n) is 2.80. The molecular weight excluding hydrogens is 330 g/mol. The molecule has 2 rings (SSSR count). The van der Waals surface area contributed by atoms with E-state index in [1.807, 2.05) is 56.1 Å². The van der Waals surface area contributed by atoms with Gasteiger partial charge in [0.25, 0.3) is 0 Å². The zero-order chi connectivity index (χ0) is 19.1. The van der Waals surface area contributed by atoms with Gasteiger partial charge in [-0.05, 0) is 44.2 Å². The van der Waals surface area contributed by atoms with Crippen LogP contribution in [0.4, 0.5) is 0 Å². The molecule has 1 unspecified atom stereocenters. The SMILES string of the molecule is COc1ccc(CN(C)CC(O)COc2cc(C)ccc2C)c(OC)c1. The largest absolute Gasteiger partial charge is 0.497 e. The highest BCUT2D eigenvalue weighted by Gasteiger charge is 2.13. The van der Waals surface area contributed by atoms with Gasteiger partial charge in [-0.1, -0.05) is 18.2 Å². The van der Waals surface area contributed by atoms with Crippen LogP contribution in [0, 0.1) is 13.8 Å². The molecule has 0 fully saturated rings. The van der Waals surface area contributed by atoms with Crippen molar-refractivity contribution in [1.29, 1.82) is 0 Å². The van der Waals surface area contributed by atoms with Crippen LogP contribution < -0.4 is 14.2 Å². The van der Waals surface area contributed by atoms with E-state index in [1.165, 1.54) is 0 Å². The Bertz CT molecular complexity index is 717. The molecule has 0 spiro atoms. The summed E-state index contributed by atoms with van der Waals surface area (Å²) in [6.07, 6.45) is -0.579. The van der Waals surface area contributed by atoms with Crippen LogP contribution in [0.1, 0.15) is 16.7 Å². The maximum atomic E-state index is 10.3. The molecule has 5 heteroatoms. The molecule has 1 N–H and O–H groups in total. The molecule has 0 aliphatic carbocycles. The number of methoxy groups -OCH3 is 2. The van der Waals surface area contributed by atoms with Crippen molar-refractivity contribution in [3.63, 3.8) is 0 Å². The van der Waals surface area contributed by atoms with Crippen LogP contribution in [0.15, 0.2) is 36.4 Å². The predicted molar refractivity (Wildman–Crippen MR) is 103 cm³/mol. The van der Waals surface area contributed by atoms with E-state index in [9.17, 15) is 5.11 Å². The number of aliphatic hydroxyl groups excluding tert-OH is 1. The summed E-state index contributed by atoms with van der Waals surface area (Å²) >= 11 is 0. The first-order valence-electron chi connectivity index (χ1n) is 8.70. The second kappa shape index (κ2) is 9.46. The lowest BCUT2D eigenvalue weighted by Crippen LogP contribution is -2.33. The number of hydrogen-bond donors (Lipinski definition) is 1. The number of ether oxygens (including phenoxy) is 3. The topological polar surface area (TPSA) is 51.2 Å². The minimum Gasteiger partial charge on any atom is -0.497 e. The first kappa shape index (κ1) is 20.1. The second-order valence-corrected chi connectivity index (χ2v) is 6.61. The molecule has 0 aromatic heterocycles. The number of benzene rings is 2. The number of hydrogen-bond acceptors (Lipinski definition) is 5. The van der Waals surface area contributed by atoms with Gasteiger partial charge in [0.05, 0.1) is 14.2 Å². The predicted octanol–water partition coefficient (Wildman–Crippen LogP) is 3.19. The van der Waals surface area contributed by atoms with Crippen molar-refractivity contribution in [2.24, 2.45) is 0 Å². The summed E-state index contributed by atoms with van der Waals surface area (Å²) in [6, 6.07) is 11.8. The van der Waals surface area contributed by atoms with Crippen LogP contribution >= 0.6 is 0 Å². The smallest absolute Gasteiger partial charge is 0.127 e. The van der Waals surface area contributed by atoms with Crippen molar-refractivity contribution in [3.8, 4) is 17.2 Å². The fraction of sp³-hybridized carbons (Fsp3) is 0.429. The average Bonchev–Trinajstić information content (AvgIpc) is 2.62. The van der Waals surface area contributed by atoms with E-state index in [4.69, 9.17) is 14.2 Å². The van der Waals surface area contributed by atoms with Gasteiger partial charge >= 0.3 is 0 Å². The molecule has 142 valence electrons. The molecule has 26 heavy (non-hydrogen) atoms. The van der Waals surface area contributed by atoms with Gasteiger partial charge in [-0.2, -0.15) is 0 Å². The van der Waals surface area contributed by atoms with E-state index in [2.05, 4.69) is 6.07 Å². The van der Waals surface area contributed by atoms with E-state index in [1.54, 1.807) is 14.2 Å². The molecular formula is C21H29NO4. The molecule has 0 bridgehead atoms. The average molecular weight is 359 g/mol. The normalized spacial score (nSPS) is 12.1. The summed E-state index contributed by atoms with van der Waals surface area (Å²) < 4.78 is 16.4. The zero-order valence-electron chi connectivity index (χ0n) is 16.3. The van der Waals surface area contributed by atoms with E-state index < -0.39 is 6.10 Å².